The molecule has 0 amide bonds. The highest BCUT2D eigenvalue weighted by atomic mass is 32.1. The summed E-state index contributed by atoms with van der Waals surface area (Å²) in [4.78, 5) is 27.7. The van der Waals surface area contributed by atoms with Crippen molar-refractivity contribution in [1.82, 2.24) is 106 Å². The van der Waals surface area contributed by atoms with Crippen molar-refractivity contribution in [3.05, 3.63) is 274 Å². The number of imidazole rings is 1. The number of H-pyrrole nitrogens is 4. The van der Waals surface area contributed by atoms with Crippen LogP contribution in [-0.4, -0.2) is 106 Å². The summed E-state index contributed by atoms with van der Waals surface area (Å²) in [6.07, 6.45) is 40.8. The van der Waals surface area contributed by atoms with Gasteiger partial charge in [0.25, 0.3) is 0 Å². The molecule has 0 aliphatic carbocycles. The van der Waals surface area contributed by atoms with Crippen LogP contribution in [0.1, 0.15) is 0 Å². The molecule has 0 atom stereocenters. The number of thiazole rings is 1. The number of aromatic nitrogens is 21. The van der Waals surface area contributed by atoms with Crippen molar-refractivity contribution in [1.29, 1.82) is 0 Å². The Morgan fingerprint density at radius 2 is 1.19 bits per heavy atom. The second-order valence-corrected chi connectivity index (χ2v) is 12.9. The molecule has 0 saturated heterocycles. The third-order valence-corrected chi connectivity index (χ3v) is 7.25. The lowest BCUT2D eigenvalue weighted by Crippen LogP contribution is -1.69. The predicted molar refractivity (Wildman–Crippen MR) is 273 cm³/mol. The number of furan rings is 1. The number of aromatic amines is 4. The molecule has 14 aromatic heterocycles. The Labute approximate surface area is 430 Å². The number of oxazole rings is 1. The van der Waals surface area contributed by atoms with Gasteiger partial charge in [-0.15, -0.1) is 21.5 Å². The van der Waals surface area contributed by atoms with E-state index in [4.69, 9.17) is 0 Å². The minimum Gasteiger partial charge on any atom is -0.473 e. The molecule has 14 rings (SSSR count). The van der Waals surface area contributed by atoms with Crippen LogP contribution >= 0.6 is 34.2 Å². The lowest BCUT2D eigenvalue weighted by molar-refractivity contribution is 0.392. The van der Waals surface area contributed by atoms with Gasteiger partial charge in [-0.1, -0.05) is 33.7 Å². The summed E-state index contributed by atoms with van der Waals surface area (Å²) in [6, 6.07) is 28.2. The molecule has 0 aliphatic rings. The number of hydrogen-bond donors (Lipinski definition) is 4. The maximum atomic E-state index is 4.58. The van der Waals surface area contributed by atoms with Crippen LogP contribution in [0.15, 0.2) is 292 Å². The van der Waals surface area contributed by atoms with Gasteiger partial charge in [0.15, 0.2) is 12.7 Å². The molecular weight excluding hydrogens is 995 g/mol. The number of rotatable bonds is 0. The average Bonchev–Trinajstić information content (AvgIpc) is 4.31. The first-order chi connectivity index (χ1) is 36.5. The molecule has 25 nitrogen and oxygen atoms in total. The Hall–Kier alpha value is -10.2. The van der Waals surface area contributed by atoms with Crippen LogP contribution in [0, 0.1) is 0 Å². The van der Waals surface area contributed by atoms with Crippen LogP contribution in [0.3, 0.4) is 0 Å². The molecule has 0 fully saturated rings. The quantitative estimate of drug-likeness (QED) is 0.110. The molecular formula is C45H49N21O4S3. The standard InChI is InChI=1S/C5H5N.2C4H4N2.C4H5N.C4H4O.C4H4S.2C3H4N2.2C3H3NO.2C3H3NS.CH2N4.CHN3O/c1-2-4-6-5-3-1;1-2-5-4-6-3-1;1-2-4-6-5-3-1;3*1-2-4-5-3-1;1-2-5-3-4-1;1-2-4-5-3-1;1-2-5-3-4-1;1-2-4-5-3-1;1-2-5-3-4-1;2*1-2-4-5-3-1;1-2-3-4-5-1/h1-5H;2*1-4H;1-5H;2*1-4H;2*1-3H,(H,4,5);4*1-3H;1H,(H,2,3,4,5);1H. The van der Waals surface area contributed by atoms with E-state index in [9.17, 15) is 0 Å². The summed E-state index contributed by atoms with van der Waals surface area (Å²) >= 11 is 4.78. The molecule has 0 radical (unpaired) electrons. The molecule has 28 heteroatoms. The van der Waals surface area contributed by atoms with Gasteiger partial charge in [-0.05, 0) is 100 Å². The maximum absolute atomic E-state index is 4.58. The predicted octanol–water partition coefficient (Wildman–Crippen LogP) is 9.20. The number of nitrogens with one attached hydrogen (secondary N) is 4. The van der Waals surface area contributed by atoms with Crippen molar-refractivity contribution in [3.8, 4) is 0 Å². The zero-order valence-corrected chi connectivity index (χ0v) is 40.9. The molecule has 0 aliphatic heterocycles. The third-order valence-electron chi connectivity index (χ3n) is 5.57. The Balaban J connectivity index is 0.000000393. The van der Waals surface area contributed by atoms with Crippen LogP contribution in [0.5, 0.6) is 0 Å². The highest BCUT2D eigenvalue weighted by molar-refractivity contribution is 7.07. The summed E-state index contributed by atoms with van der Waals surface area (Å²) in [5.74, 6) is 0. The first-order valence-electron chi connectivity index (χ1n) is 20.2. The van der Waals surface area contributed by atoms with E-state index in [1.54, 1.807) is 146 Å². The summed E-state index contributed by atoms with van der Waals surface area (Å²) in [6.45, 7) is 0. The van der Waals surface area contributed by atoms with Crippen molar-refractivity contribution in [2.45, 2.75) is 0 Å². The van der Waals surface area contributed by atoms with E-state index >= 15 is 0 Å². The van der Waals surface area contributed by atoms with Gasteiger partial charge in [0.2, 0.25) is 6.39 Å². The topological polar surface area (TPSA) is 335 Å². The van der Waals surface area contributed by atoms with E-state index in [-0.39, 0.29) is 0 Å². The molecule has 4 N–H and O–H groups in total. The first kappa shape index (κ1) is 60.8. The Morgan fingerprint density at radius 3 is 1.38 bits per heavy atom. The molecule has 0 saturated carbocycles. The van der Waals surface area contributed by atoms with Gasteiger partial charge in [0, 0.05) is 97.5 Å². The molecule has 14 aromatic rings. The van der Waals surface area contributed by atoms with Crippen molar-refractivity contribution < 1.29 is 17.9 Å². The van der Waals surface area contributed by atoms with Gasteiger partial charge >= 0.3 is 0 Å². The van der Waals surface area contributed by atoms with Gasteiger partial charge < -0.3 is 27.8 Å². The molecule has 0 aromatic carbocycles. The zero-order chi connectivity index (χ0) is 51.6. The zero-order valence-electron chi connectivity index (χ0n) is 38.4. The minimum atomic E-state index is 1.15. The van der Waals surface area contributed by atoms with E-state index in [0.29, 0.717) is 0 Å². The molecule has 14 heterocycles. The number of nitrogens with zero attached hydrogens (tertiary/aromatic N) is 17. The summed E-state index contributed by atoms with van der Waals surface area (Å²) < 4.78 is 21.3. The van der Waals surface area contributed by atoms with Gasteiger partial charge in [0.1, 0.15) is 18.9 Å². The summed E-state index contributed by atoms with van der Waals surface area (Å²) in [5.41, 5.74) is 1.79. The second kappa shape index (κ2) is 57.9. The lowest BCUT2D eigenvalue weighted by Gasteiger charge is -1.70. The second-order valence-electron chi connectivity index (χ2n) is 10.6. The Morgan fingerprint density at radius 1 is 0.397 bits per heavy atom. The fourth-order valence-corrected chi connectivity index (χ4v) is 4.07. The molecule has 0 spiro atoms. The SMILES string of the molecule is c1c[nH]cn1.c1cc[nH]c1.c1ccncc1.c1ccnnc1.c1ccoc1.c1ccsc1.c1cn[nH]c1.c1cncnc1.c1cnoc1.c1cnsc1.c1cocn1.c1cscn1.c1nn[nH]n1.c1nnno1. The molecule has 0 bridgehead atoms. The lowest BCUT2D eigenvalue weighted by atomic mass is 10.5. The fraction of sp³-hybridized carbons (Fsp3) is 0. The van der Waals surface area contributed by atoms with Gasteiger partial charge in [0.05, 0.1) is 42.0 Å². The van der Waals surface area contributed by atoms with E-state index in [0.717, 1.165) is 6.39 Å². The van der Waals surface area contributed by atoms with E-state index < -0.39 is 0 Å². The fourth-order valence-electron chi connectivity index (χ4n) is 2.92. The highest BCUT2D eigenvalue weighted by Crippen LogP contribution is 1.91. The number of pyridine rings is 1. The van der Waals surface area contributed by atoms with Crippen molar-refractivity contribution in [2.75, 3.05) is 0 Å². The van der Waals surface area contributed by atoms with Crippen molar-refractivity contribution in [2.24, 2.45) is 0 Å². The van der Waals surface area contributed by atoms with Gasteiger partial charge in [-0.25, -0.2) is 24.3 Å². The van der Waals surface area contributed by atoms with E-state index in [2.05, 4.69) is 124 Å². The normalized spacial score (nSPS) is 8.00. The van der Waals surface area contributed by atoms with Crippen LogP contribution in [0.2, 0.25) is 0 Å². The number of hydrogen-bond acceptors (Lipinski definition) is 24. The van der Waals surface area contributed by atoms with Crippen molar-refractivity contribution >= 4 is 34.2 Å². The number of thiophene rings is 1. The number of tetrazole rings is 1. The van der Waals surface area contributed by atoms with Crippen LogP contribution in [-0.2, 0) is 0 Å². The van der Waals surface area contributed by atoms with Crippen molar-refractivity contribution in [3.63, 3.8) is 0 Å². The van der Waals surface area contributed by atoms with Crippen LogP contribution in [0.4, 0.5) is 0 Å². The first-order valence-corrected chi connectivity index (χ1v) is 22.9. The molecule has 376 valence electrons. The summed E-state index contributed by atoms with van der Waals surface area (Å²) in [5, 5.41) is 46.0. The van der Waals surface area contributed by atoms with Crippen LogP contribution < -0.4 is 0 Å². The Bertz CT molecular complexity index is 1820. The van der Waals surface area contributed by atoms with Crippen LogP contribution in [0.25, 0.3) is 0 Å². The largest absolute Gasteiger partial charge is 0.473 e. The minimum absolute atomic E-state index is 1.15. The van der Waals surface area contributed by atoms with E-state index in [1.165, 1.54) is 43.1 Å². The highest BCUT2D eigenvalue weighted by Gasteiger charge is 1.66. The molecule has 73 heavy (non-hydrogen) atoms. The maximum Gasteiger partial charge on any atom is 0.235 e. The monoisotopic (exact) mass is 1040 g/mol. The smallest absolute Gasteiger partial charge is 0.235 e. The van der Waals surface area contributed by atoms with E-state index in [1.807, 2.05) is 113 Å². The van der Waals surface area contributed by atoms with Gasteiger partial charge in [-0.3, -0.25) is 15.1 Å². The Kier molecular flexibility index (Phi) is 48.3. The third kappa shape index (κ3) is 56.0. The average molecular weight is 1040 g/mol. The molecule has 0 unspecified atom stereocenters. The van der Waals surface area contributed by atoms with Gasteiger partial charge in [-0.2, -0.15) is 31.8 Å². The summed E-state index contributed by atoms with van der Waals surface area (Å²) in [7, 11) is 0.